The van der Waals surface area contributed by atoms with Crippen molar-refractivity contribution in [3.05, 3.63) is 35.4 Å². The average Bonchev–Trinajstić information content (AvgIpc) is 2.52. The van der Waals surface area contributed by atoms with Crippen molar-refractivity contribution >= 4 is 11.8 Å². The Labute approximate surface area is 135 Å². The van der Waals surface area contributed by atoms with E-state index in [2.05, 4.69) is 74.1 Å². The minimum atomic E-state index is 0.461. The van der Waals surface area contributed by atoms with Gasteiger partial charge in [-0.15, -0.1) is 0 Å². The van der Waals surface area contributed by atoms with E-state index in [9.17, 15) is 0 Å². The lowest BCUT2D eigenvalue weighted by Gasteiger charge is -2.20. The fourth-order valence-electron chi connectivity index (χ4n) is 2.49. The first-order chi connectivity index (χ1) is 10.2. The maximum Gasteiger partial charge on any atom is 0.0409 e. The maximum absolute atomic E-state index is 3.45. The first-order valence-corrected chi connectivity index (χ1v) is 9.46. The van der Waals surface area contributed by atoms with E-state index in [0.29, 0.717) is 6.04 Å². The summed E-state index contributed by atoms with van der Waals surface area (Å²) >= 11 is 2.05. The molecule has 0 spiro atoms. The molecule has 0 radical (unpaired) electrons. The molecule has 1 N–H and O–H groups in total. The lowest BCUT2D eigenvalue weighted by molar-refractivity contribution is 0.324. The molecule has 1 aromatic rings. The van der Waals surface area contributed by atoms with Crippen LogP contribution in [0.2, 0.25) is 0 Å². The van der Waals surface area contributed by atoms with E-state index in [1.807, 2.05) is 0 Å². The van der Waals surface area contributed by atoms with Crippen LogP contribution in [0, 0.1) is 0 Å². The summed E-state index contributed by atoms with van der Waals surface area (Å²) in [6, 6.07) is 9.60. The van der Waals surface area contributed by atoms with Crippen LogP contribution in [0.1, 0.15) is 44.4 Å². The molecule has 120 valence electrons. The lowest BCUT2D eigenvalue weighted by Crippen LogP contribution is -2.26. The van der Waals surface area contributed by atoms with Crippen LogP contribution < -0.4 is 5.32 Å². The van der Waals surface area contributed by atoms with E-state index in [1.165, 1.54) is 36.3 Å². The van der Waals surface area contributed by atoms with Crippen molar-refractivity contribution in [1.29, 1.82) is 0 Å². The summed E-state index contributed by atoms with van der Waals surface area (Å²) in [7, 11) is 2.07. The van der Waals surface area contributed by atoms with Crippen LogP contribution in [0.5, 0.6) is 0 Å². The van der Waals surface area contributed by atoms with Crippen molar-refractivity contribution in [3.63, 3.8) is 0 Å². The van der Waals surface area contributed by atoms with E-state index in [4.69, 9.17) is 0 Å². The molecule has 0 amide bonds. The second-order valence-corrected chi connectivity index (χ2v) is 6.58. The number of nitrogens with zero attached hydrogens (tertiary/aromatic N) is 1. The van der Waals surface area contributed by atoms with Crippen LogP contribution in [0.15, 0.2) is 24.3 Å². The van der Waals surface area contributed by atoms with Gasteiger partial charge in [-0.3, -0.25) is 0 Å². The molecule has 0 fully saturated rings. The molecule has 0 saturated carbocycles. The number of rotatable bonds is 11. The summed E-state index contributed by atoms with van der Waals surface area (Å²) in [5.74, 6) is 2.36. The molecular formula is C18H32N2S. The van der Waals surface area contributed by atoms with Crippen LogP contribution in [-0.2, 0) is 6.42 Å². The van der Waals surface area contributed by atoms with Gasteiger partial charge in [-0.1, -0.05) is 51.5 Å². The predicted octanol–water partition coefficient (Wildman–Crippen LogP) is 3.97. The fraction of sp³-hybridized carbons (Fsp3) is 0.667. The summed E-state index contributed by atoms with van der Waals surface area (Å²) in [4.78, 5) is 2.49. The number of aryl methyl sites for hydroxylation is 1. The minimum Gasteiger partial charge on any atom is -0.312 e. The zero-order valence-electron chi connectivity index (χ0n) is 14.2. The Morgan fingerprint density at radius 1 is 1.10 bits per heavy atom. The second-order valence-electron chi connectivity index (χ2n) is 5.43. The number of nitrogens with one attached hydrogen (secondary N) is 1. The molecule has 21 heavy (non-hydrogen) atoms. The molecule has 1 unspecified atom stereocenters. The molecule has 1 aromatic carbocycles. The Balaban J connectivity index is 2.40. The summed E-state index contributed by atoms with van der Waals surface area (Å²) in [6.45, 7) is 10.2. The molecular weight excluding hydrogens is 276 g/mol. The van der Waals surface area contributed by atoms with Gasteiger partial charge in [0.2, 0.25) is 0 Å². The smallest absolute Gasteiger partial charge is 0.0409 e. The van der Waals surface area contributed by atoms with Crippen LogP contribution in [0.3, 0.4) is 0 Å². The lowest BCUT2D eigenvalue weighted by atomic mass is 10.0. The highest BCUT2D eigenvalue weighted by Gasteiger charge is 2.09. The van der Waals surface area contributed by atoms with E-state index in [-0.39, 0.29) is 0 Å². The highest BCUT2D eigenvalue weighted by atomic mass is 32.2. The molecule has 0 bridgehead atoms. The van der Waals surface area contributed by atoms with Gasteiger partial charge in [0.25, 0.3) is 0 Å². The van der Waals surface area contributed by atoms with Crippen molar-refractivity contribution in [2.45, 2.75) is 39.7 Å². The summed E-state index contributed by atoms with van der Waals surface area (Å²) in [6.07, 6.45) is 2.40. The van der Waals surface area contributed by atoms with Crippen molar-refractivity contribution in [2.75, 3.05) is 38.2 Å². The molecule has 0 aliphatic heterocycles. The third kappa shape index (κ3) is 6.86. The first-order valence-electron chi connectivity index (χ1n) is 8.31. The SMILES string of the molecule is CCCc1ccc(C(CSCCN(CC)CC)NC)cc1. The van der Waals surface area contributed by atoms with Gasteiger partial charge in [-0.2, -0.15) is 11.8 Å². The van der Waals surface area contributed by atoms with Gasteiger partial charge in [-0.25, -0.2) is 0 Å². The molecule has 0 aromatic heterocycles. The molecule has 3 heteroatoms. The van der Waals surface area contributed by atoms with Gasteiger partial charge in [0.1, 0.15) is 0 Å². The Hall–Kier alpha value is -0.510. The maximum atomic E-state index is 3.45. The molecule has 1 atom stereocenters. The largest absolute Gasteiger partial charge is 0.312 e. The van der Waals surface area contributed by atoms with Gasteiger partial charge in [0.05, 0.1) is 0 Å². The third-order valence-corrected chi connectivity index (χ3v) is 5.04. The highest BCUT2D eigenvalue weighted by molar-refractivity contribution is 7.99. The fourth-order valence-corrected chi connectivity index (χ4v) is 3.63. The van der Waals surface area contributed by atoms with Crippen LogP contribution in [-0.4, -0.2) is 43.1 Å². The molecule has 2 nitrogen and oxygen atoms in total. The summed E-state index contributed by atoms with van der Waals surface area (Å²) in [5, 5.41) is 3.45. The summed E-state index contributed by atoms with van der Waals surface area (Å²) in [5.41, 5.74) is 2.86. The Morgan fingerprint density at radius 2 is 1.76 bits per heavy atom. The predicted molar refractivity (Wildman–Crippen MR) is 97.4 cm³/mol. The Kier molecular flexibility index (Phi) is 9.81. The van der Waals surface area contributed by atoms with E-state index >= 15 is 0 Å². The van der Waals surface area contributed by atoms with Gasteiger partial charge in [0, 0.05) is 24.1 Å². The van der Waals surface area contributed by atoms with E-state index in [1.54, 1.807) is 0 Å². The Bertz CT molecular complexity index is 360. The zero-order chi connectivity index (χ0) is 15.5. The normalized spacial score (nSPS) is 12.8. The second kappa shape index (κ2) is 11.1. The molecule has 0 heterocycles. The number of thioether (sulfide) groups is 1. The molecule has 0 aliphatic rings. The third-order valence-electron chi connectivity index (χ3n) is 4.00. The van der Waals surface area contributed by atoms with Gasteiger partial charge in [-0.05, 0) is 37.7 Å². The topological polar surface area (TPSA) is 15.3 Å². The molecule has 0 saturated heterocycles. The van der Waals surface area contributed by atoms with Crippen molar-refractivity contribution in [3.8, 4) is 0 Å². The van der Waals surface area contributed by atoms with E-state index in [0.717, 1.165) is 18.8 Å². The van der Waals surface area contributed by atoms with Gasteiger partial charge < -0.3 is 10.2 Å². The number of benzene rings is 1. The first kappa shape index (κ1) is 18.5. The average molecular weight is 309 g/mol. The number of hydrogen-bond acceptors (Lipinski definition) is 3. The standard InChI is InChI=1S/C18H32N2S/c1-5-8-16-9-11-17(12-10-16)18(19-4)15-21-14-13-20(6-2)7-3/h9-12,18-19H,5-8,13-15H2,1-4H3. The quantitative estimate of drug-likeness (QED) is 0.623. The van der Waals surface area contributed by atoms with Gasteiger partial charge in [0.15, 0.2) is 0 Å². The van der Waals surface area contributed by atoms with Crippen LogP contribution in [0.25, 0.3) is 0 Å². The molecule has 1 rings (SSSR count). The number of hydrogen-bond donors (Lipinski definition) is 1. The minimum absolute atomic E-state index is 0.461. The molecule has 0 aliphatic carbocycles. The van der Waals surface area contributed by atoms with Gasteiger partial charge >= 0.3 is 0 Å². The summed E-state index contributed by atoms with van der Waals surface area (Å²) < 4.78 is 0. The Morgan fingerprint density at radius 3 is 2.29 bits per heavy atom. The van der Waals surface area contributed by atoms with Crippen molar-refractivity contribution in [1.82, 2.24) is 10.2 Å². The monoisotopic (exact) mass is 308 g/mol. The van der Waals surface area contributed by atoms with Crippen LogP contribution in [0.4, 0.5) is 0 Å². The highest BCUT2D eigenvalue weighted by Crippen LogP contribution is 2.19. The van der Waals surface area contributed by atoms with E-state index < -0.39 is 0 Å². The van der Waals surface area contributed by atoms with Crippen LogP contribution >= 0.6 is 11.8 Å². The zero-order valence-corrected chi connectivity index (χ0v) is 15.0. The van der Waals surface area contributed by atoms with Crippen molar-refractivity contribution < 1.29 is 0 Å². The van der Waals surface area contributed by atoms with Crippen molar-refractivity contribution in [2.24, 2.45) is 0 Å².